The summed E-state index contributed by atoms with van der Waals surface area (Å²) in [7, 11) is 0. The maximum Gasteiger partial charge on any atom is 0.135 e. The molecule has 2 aromatic rings. The zero-order valence-corrected chi connectivity index (χ0v) is 8.80. The molecule has 0 amide bonds. The van der Waals surface area contributed by atoms with E-state index in [0.29, 0.717) is 5.69 Å². The van der Waals surface area contributed by atoms with Gasteiger partial charge in [0.25, 0.3) is 0 Å². The molecular formula is C12H14N2O2. The molecule has 4 nitrogen and oxygen atoms in total. The summed E-state index contributed by atoms with van der Waals surface area (Å²) in [5.41, 5.74) is 0.0274. The van der Waals surface area contributed by atoms with Gasteiger partial charge in [0.05, 0.1) is 12.0 Å². The fraction of sp³-hybridized carbons (Fsp3) is 0.250. The summed E-state index contributed by atoms with van der Waals surface area (Å²) in [6, 6.07) is 9.23. The van der Waals surface area contributed by atoms with Gasteiger partial charge < -0.3 is 15.2 Å². The highest BCUT2D eigenvalue weighted by molar-refractivity contribution is 5.30. The van der Waals surface area contributed by atoms with E-state index >= 15 is 0 Å². The normalized spacial score (nSPS) is 14.6. The minimum Gasteiger partial charge on any atom is -0.396 e. The first-order chi connectivity index (χ1) is 7.77. The van der Waals surface area contributed by atoms with Gasteiger partial charge in [-0.3, -0.25) is 0 Å². The van der Waals surface area contributed by atoms with Crippen LogP contribution in [-0.4, -0.2) is 26.8 Å². The summed E-state index contributed by atoms with van der Waals surface area (Å²) >= 11 is 0. The van der Waals surface area contributed by atoms with Gasteiger partial charge in [0.2, 0.25) is 0 Å². The van der Waals surface area contributed by atoms with Gasteiger partial charge in [0.1, 0.15) is 5.60 Å². The van der Waals surface area contributed by atoms with E-state index in [0.717, 1.165) is 5.56 Å². The van der Waals surface area contributed by atoms with Gasteiger partial charge in [-0.1, -0.05) is 30.3 Å². The van der Waals surface area contributed by atoms with Crippen LogP contribution in [0.15, 0.2) is 42.9 Å². The van der Waals surface area contributed by atoms with Crippen molar-refractivity contribution in [1.29, 1.82) is 0 Å². The van der Waals surface area contributed by atoms with Crippen molar-refractivity contribution in [3.8, 4) is 0 Å². The molecule has 84 valence electrons. The lowest BCUT2D eigenvalue weighted by atomic mass is 9.88. The van der Waals surface area contributed by atoms with Crippen LogP contribution in [0.2, 0.25) is 0 Å². The van der Waals surface area contributed by atoms with E-state index in [9.17, 15) is 5.11 Å². The molecule has 0 spiro atoms. The highest BCUT2D eigenvalue weighted by Gasteiger charge is 2.32. The van der Waals surface area contributed by atoms with Crippen molar-refractivity contribution < 1.29 is 10.2 Å². The van der Waals surface area contributed by atoms with Crippen molar-refractivity contribution in [3.63, 3.8) is 0 Å². The van der Waals surface area contributed by atoms with Gasteiger partial charge in [-0.2, -0.15) is 0 Å². The van der Waals surface area contributed by atoms with E-state index in [4.69, 9.17) is 5.11 Å². The van der Waals surface area contributed by atoms with Gasteiger partial charge in [-0.05, 0) is 5.56 Å². The van der Waals surface area contributed by atoms with Crippen LogP contribution in [0, 0.1) is 0 Å². The third-order valence-electron chi connectivity index (χ3n) is 2.65. The van der Waals surface area contributed by atoms with E-state index in [1.807, 2.05) is 30.3 Å². The first-order valence-corrected chi connectivity index (χ1v) is 5.15. The fourth-order valence-electron chi connectivity index (χ4n) is 1.78. The molecule has 0 aliphatic heterocycles. The second kappa shape index (κ2) is 4.47. The fourth-order valence-corrected chi connectivity index (χ4v) is 1.78. The number of aromatic amines is 1. The Morgan fingerprint density at radius 3 is 2.56 bits per heavy atom. The Bertz CT molecular complexity index is 428. The molecule has 1 aromatic carbocycles. The Morgan fingerprint density at radius 1 is 1.25 bits per heavy atom. The molecule has 1 heterocycles. The van der Waals surface area contributed by atoms with Gasteiger partial charge in [-0.15, -0.1) is 0 Å². The number of hydrogen-bond donors (Lipinski definition) is 3. The quantitative estimate of drug-likeness (QED) is 0.717. The summed E-state index contributed by atoms with van der Waals surface area (Å²) < 4.78 is 0. The van der Waals surface area contributed by atoms with Crippen molar-refractivity contribution in [2.75, 3.05) is 6.61 Å². The molecule has 1 aromatic heterocycles. The maximum atomic E-state index is 10.6. The number of imidazole rings is 1. The van der Waals surface area contributed by atoms with Crippen LogP contribution in [0.25, 0.3) is 0 Å². The Labute approximate surface area is 93.6 Å². The number of rotatable bonds is 4. The lowest BCUT2D eigenvalue weighted by molar-refractivity contribution is 0.0473. The predicted molar refractivity (Wildman–Crippen MR) is 59.7 cm³/mol. The summed E-state index contributed by atoms with van der Waals surface area (Å²) in [6.07, 6.45) is 3.38. The molecule has 16 heavy (non-hydrogen) atoms. The maximum absolute atomic E-state index is 10.6. The number of nitrogens with zero attached hydrogens (tertiary/aromatic N) is 1. The van der Waals surface area contributed by atoms with E-state index in [2.05, 4.69) is 9.97 Å². The summed E-state index contributed by atoms with van der Waals surface area (Å²) in [4.78, 5) is 6.88. The van der Waals surface area contributed by atoms with Crippen LogP contribution < -0.4 is 0 Å². The third kappa shape index (κ3) is 1.85. The zero-order chi connectivity index (χ0) is 11.4. The van der Waals surface area contributed by atoms with E-state index in [1.54, 1.807) is 6.20 Å². The molecule has 2 rings (SSSR count). The van der Waals surface area contributed by atoms with Gasteiger partial charge in [-0.25, -0.2) is 4.98 Å². The van der Waals surface area contributed by atoms with Crippen molar-refractivity contribution in [2.24, 2.45) is 0 Å². The van der Waals surface area contributed by atoms with Crippen molar-refractivity contribution in [1.82, 2.24) is 9.97 Å². The molecule has 3 N–H and O–H groups in total. The van der Waals surface area contributed by atoms with Gasteiger partial charge >= 0.3 is 0 Å². The second-order valence-electron chi connectivity index (χ2n) is 3.65. The lowest BCUT2D eigenvalue weighted by Gasteiger charge is -2.26. The lowest BCUT2D eigenvalue weighted by Crippen LogP contribution is -2.29. The van der Waals surface area contributed by atoms with Crippen LogP contribution in [0.5, 0.6) is 0 Å². The van der Waals surface area contributed by atoms with Crippen LogP contribution in [0.4, 0.5) is 0 Å². The van der Waals surface area contributed by atoms with Gasteiger partial charge in [0.15, 0.2) is 0 Å². The largest absolute Gasteiger partial charge is 0.396 e. The number of H-pyrrole nitrogens is 1. The molecule has 1 atom stereocenters. The van der Waals surface area contributed by atoms with Crippen molar-refractivity contribution in [3.05, 3.63) is 54.1 Å². The minimum absolute atomic E-state index is 0.0990. The monoisotopic (exact) mass is 218 g/mol. The topological polar surface area (TPSA) is 69.1 Å². The van der Waals surface area contributed by atoms with Gasteiger partial charge in [0, 0.05) is 19.2 Å². The van der Waals surface area contributed by atoms with Crippen molar-refractivity contribution in [2.45, 2.75) is 12.0 Å². The third-order valence-corrected chi connectivity index (χ3v) is 2.65. The molecule has 4 heteroatoms. The number of aromatic nitrogens is 2. The molecule has 0 bridgehead atoms. The molecule has 0 saturated carbocycles. The summed E-state index contributed by atoms with van der Waals surface area (Å²) in [6.45, 7) is -0.0990. The molecule has 1 unspecified atom stereocenters. The number of benzene rings is 1. The predicted octanol–water partition coefficient (Wildman–Crippen LogP) is 1.03. The van der Waals surface area contributed by atoms with Crippen LogP contribution in [0.1, 0.15) is 17.7 Å². The Kier molecular flexibility index (Phi) is 3.03. The number of hydrogen-bond acceptors (Lipinski definition) is 3. The highest BCUT2D eigenvalue weighted by atomic mass is 16.3. The SMILES string of the molecule is OCCC(O)(c1ccccc1)c1c[nH]cn1. The average molecular weight is 218 g/mol. The van der Waals surface area contributed by atoms with E-state index < -0.39 is 5.60 Å². The van der Waals surface area contributed by atoms with Crippen molar-refractivity contribution >= 4 is 0 Å². The molecule has 0 aliphatic carbocycles. The Morgan fingerprint density at radius 2 is 2.00 bits per heavy atom. The Hall–Kier alpha value is -1.65. The van der Waals surface area contributed by atoms with E-state index in [1.165, 1.54) is 6.33 Å². The standard InChI is InChI=1S/C12H14N2O2/c15-7-6-12(16,11-8-13-9-14-11)10-4-2-1-3-5-10/h1-5,8-9,15-16H,6-7H2,(H,13,14). The minimum atomic E-state index is -1.23. The number of nitrogens with one attached hydrogen (secondary N) is 1. The first-order valence-electron chi connectivity index (χ1n) is 5.15. The number of aliphatic hydroxyl groups excluding tert-OH is 1. The molecule has 0 fully saturated rings. The van der Waals surface area contributed by atoms with Crippen LogP contribution in [0.3, 0.4) is 0 Å². The second-order valence-corrected chi connectivity index (χ2v) is 3.65. The van der Waals surface area contributed by atoms with Crippen LogP contribution >= 0.6 is 0 Å². The first kappa shape index (κ1) is 10.9. The van der Waals surface area contributed by atoms with E-state index in [-0.39, 0.29) is 13.0 Å². The Balaban J connectivity index is 2.44. The molecule has 0 aliphatic rings. The highest BCUT2D eigenvalue weighted by Crippen LogP contribution is 2.30. The number of aliphatic hydroxyl groups is 2. The molecule has 0 saturated heterocycles. The molecule has 0 radical (unpaired) electrons. The zero-order valence-electron chi connectivity index (χ0n) is 8.80. The van der Waals surface area contributed by atoms with Crippen LogP contribution in [-0.2, 0) is 5.60 Å². The average Bonchev–Trinajstić information content (AvgIpc) is 2.84. The molecular weight excluding hydrogens is 204 g/mol. The smallest absolute Gasteiger partial charge is 0.135 e. The summed E-state index contributed by atoms with van der Waals surface area (Å²) in [5.74, 6) is 0. The summed E-state index contributed by atoms with van der Waals surface area (Å²) in [5, 5.41) is 19.7.